The Hall–Kier alpha value is -1.89. The molecule has 0 N–H and O–H groups in total. The molecule has 1 aromatic heterocycles. The highest BCUT2D eigenvalue weighted by Crippen LogP contribution is 2.35. The minimum Gasteiger partial charge on any atom is -0.488 e. The zero-order valence-corrected chi connectivity index (χ0v) is 20.9. The first-order chi connectivity index (χ1) is 14.7. The molecule has 0 bridgehead atoms. The lowest BCUT2D eigenvalue weighted by atomic mass is 10.1. The van der Waals surface area contributed by atoms with Crippen LogP contribution in [0.3, 0.4) is 0 Å². The molecule has 0 fully saturated rings. The minimum absolute atomic E-state index is 0.00539. The molecule has 1 heterocycles. The van der Waals surface area contributed by atoms with Gasteiger partial charge in [0.15, 0.2) is 5.75 Å². The second-order valence-electron chi connectivity index (χ2n) is 7.45. The molecular formula is C23H24BrCl2N3O2. The number of rotatable bonds is 7. The maximum Gasteiger partial charge on any atom is 0.282 e. The smallest absolute Gasteiger partial charge is 0.282 e. The van der Waals surface area contributed by atoms with Gasteiger partial charge in [0.25, 0.3) is 5.56 Å². The van der Waals surface area contributed by atoms with Gasteiger partial charge in [0.1, 0.15) is 5.82 Å². The first-order valence-corrected chi connectivity index (χ1v) is 11.7. The standard InChI is InChI=1S/C23H24BrCl2N3O2/c1-5-13(3)22-28-20-8-7-16(24)11-17(20)23(30)29(22)27-12-15-9-18(25)21(19(26)10-15)31-14(4)6-2/h7-14H,5-6H2,1-4H3/t13-,14-/m1/s1. The summed E-state index contributed by atoms with van der Waals surface area (Å²) in [7, 11) is 0. The molecule has 3 rings (SSSR count). The van der Waals surface area contributed by atoms with E-state index in [1.54, 1.807) is 24.4 Å². The van der Waals surface area contributed by atoms with Crippen LogP contribution in [0, 0.1) is 0 Å². The Labute approximate surface area is 200 Å². The van der Waals surface area contributed by atoms with Crippen LogP contribution >= 0.6 is 39.1 Å². The van der Waals surface area contributed by atoms with Crippen molar-refractivity contribution in [1.82, 2.24) is 9.66 Å². The topological polar surface area (TPSA) is 56.5 Å². The number of aromatic nitrogens is 2. The van der Waals surface area contributed by atoms with E-state index in [1.165, 1.54) is 4.68 Å². The second kappa shape index (κ2) is 10.2. The van der Waals surface area contributed by atoms with Crippen LogP contribution in [0.1, 0.15) is 57.8 Å². The lowest BCUT2D eigenvalue weighted by Crippen LogP contribution is -2.23. The zero-order chi connectivity index (χ0) is 22.7. The van der Waals surface area contributed by atoms with Crippen molar-refractivity contribution in [3.05, 3.63) is 66.6 Å². The van der Waals surface area contributed by atoms with E-state index in [9.17, 15) is 4.79 Å². The molecule has 0 aliphatic rings. The number of nitrogens with zero attached hydrogens (tertiary/aromatic N) is 3. The molecule has 2 aromatic carbocycles. The van der Waals surface area contributed by atoms with Gasteiger partial charge in [0.05, 0.1) is 33.3 Å². The fraction of sp³-hybridized carbons (Fsp3) is 0.348. The average Bonchev–Trinajstić information content (AvgIpc) is 2.75. The average molecular weight is 525 g/mol. The molecule has 31 heavy (non-hydrogen) atoms. The summed E-state index contributed by atoms with van der Waals surface area (Å²) in [6, 6.07) is 8.89. The van der Waals surface area contributed by atoms with E-state index in [0.717, 1.165) is 17.3 Å². The van der Waals surface area contributed by atoms with E-state index < -0.39 is 0 Å². The highest BCUT2D eigenvalue weighted by molar-refractivity contribution is 9.10. The summed E-state index contributed by atoms with van der Waals surface area (Å²) < 4.78 is 7.97. The Morgan fingerprint density at radius 2 is 1.84 bits per heavy atom. The monoisotopic (exact) mass is 523 g/mol. The normalized spacial score (nSPS) is 13.6. The predicted octanol–water partition coefficient (Wildman–Crippen LogP) is 7.04. The number of benzene rings is 2. The van der Waals surface area contributed by atoms with Gasteiger partial charge >= 0.3 is 0 Å². The third-order valence-electron chi connectivity index (χ3n) is 5.12. The highest BCUT2D eigenvalue weighted by Gasteiger charge is 2.16. The quantitative estimate of drug-likeness (QED) is 0.311. The molecule has 0 spiro atoms. The molecule has 0 saturated carbocycles. The Balaban J connectivity index is 2.08. The second-order valence-corrected chi connectivity index (χ2v) is 9.18. The Bertz CT molecular complexity index is 1170. The van der Waals surface area contributed by atoms with Crippen LogP contribution in [0.15, 0.2) is 44.7 Å². The van der Waals surface area contributed by atoms with Crippen molar-refractivity contribution in [2.24, 2.45) is 5.10 Å². The number of ether oxygens (including phenoxy) is 1. The first-order valence-electron chi connectivity index (χ1n) is 10.2. The van der Waals surface area contributed by atoms with Crippen molar-refractivity contribution in [2.75, 3.05) is 0 Å². The number of fused-ring (bicyclic) bond motifs is 1. The maximum atomic E-state index is 13.2. The molecule has 2 atom stereocenters. The van der Waals surface area contributed by atoms with Crippen LogP contribution in [0.25, 0.3) is 10.9 Å². The van der Waals surface area contributed by atoms with Crippen LogP contribution in [-0.4, -0.2) is 22.0 Å². The van der Waals surface area contributed by atoms with Gasteiger partial charge in [-0.2, -0.15) is 9.78 Å². The van der Waals surface area contributed by atoms with Crippen LogP contribution < -0.4 is 10.3 Å². The Morgan fingerprint density at radius 1 is 1.16 bits per heavy atom. The molecule has 0 saturated heterocycles. The van der Waals surface area contributed by atoms with Gasteiger partial charge in [-0.25, -0.2) is 4.98 Å². The SMILES string of the molecule is CC[C@@H](C)Oc1c(Cl)cc(C=Nn2c([C@H](C)CC)nc3ccc(Br)cc3c2=O)cc1Cl. The zero-order valence-electron chi connectivity index (χ0n) is 17.8. The fourth-order valence-electron chi connectivity index (χ4n) is 2.95. The van der Waals surface area contributed by atoms with Crippen molar-refractivity contribution >= 4 is 56.2 Å². The number of halogens is 3. The Kier molecular flexibility index (Phi) is 7.78. The van der Waals surface area contributed by atoms with Gasteiger partial charge in [0, 0.05) is 10.4 Å². The predicted molar refractivity (Wildman–Crippen MR) is 132 cm³/mol. The van der Waals surface area contributed by atoms with Crippen molar-refractivity contribution in [1.29, 1.82) is 0 Å². The molecule has 0 aliphatic carbocycles. The van der Waals surface area contributed by atoms with Crippen LogP contribution in [0.4, 0.5) is 0 Å². The third kappa shape index (κ3) is 5.30. The summed E-state index contributed by atoms with van der Waals surface area (Å²) >= 11 is 16.2. The largest absolute Gasteiger partial charge is 0.488 e. The highest BCUT2D eigenvalue weighted by atomic mass is 79.9. The van der Waals surface area contributed by atoms with Gasteiger partial charge in [-0.15, -0.1) is 0 Å². The van der Waals surface area contributed by atoms with Crippen LogP contribution in [0.2, 0.25) is 10.0 Å². The first kappa shape index (κ1) is 23.8. The summed E-state index contributed by atoms with van der Waals surface area (Å²) in [6.07, 6.45) is 3.21. The molecule has 8 heteroatoms. The summed E-state index contributed by atoms with van der Waals surface area (Å²) in [5.41, 5.74) is 1.07. The van der Waals surface area contributed by atoms with Gasteiger partial charge in [0.2, 0.25) is 0 Å². The van der Waals surface area contributed by atoms with Crippen molar-refractivity contribution in [2.45, 2.75) is 52.6 Å². The fourth-order valence-corrected chi connectivity index (χ4v) is 3.91. The van der Waals surface area contributed by atoms with E-state index in [0.29, 0.717) is 38.1 Å². The number of hydrogen-bond acceptors (Lipinski definition) is 4. The molecule has 5 nitrogen and oxygen atoms in total. The van der Waals surface area contributed by atoms with Crippen molar-refractivity contribution < 1.29 is 4.74 Å². The molecule has 0 unspecified atom stereocenters. The molecule has 0 radical (unpaired) electrons. The molecule has 3 aromatic rings. The summed E-state index contributed by atoms with van der Waals surface area (Å²) in [5, 5.41) is 5.74. The van der Waals surface area contributed by atoms with Gasteiger partial charge in [-0.1, -0.05) is 59.9 Å². The van der Waals surface area contributed by atoms with Gasteiger partial charge in [-0.05, 0) is 55.7 Å². The van der Waals surface area contributed by atoms with Gasteiger partial charge < -0.3 is 4.74 Å². The third-order valence-corrected chi connectivity index (χ3v) is 6.18. The van der Waals surface area contributed by atoms with Crippen molar-refractivity contribution in [3.8, 4) is 5.75 Å². The molecular weight excluding hydrogens is 501 g/mol. The maximum absolute atomic E-state index is 13.2. The number of hydrogen-bond donors (Lipinski definition) is 0. The summed E-state index contributed by atoms with van der Waals surface area (Å²) in [5.74, 6) is 1.10. The van der Waals surface area contributed by atoms with E-state index in [-0.39, 0.29) is 17.6 Å². The van der Waals surface area contributed by atoms with E-state index in [2.05, 4.69) is 21.0 Å². The van der Waals surface area contributed by atoms with Crippen LogP contribution in [0.5, 0.6) is 5.75 Å². The molecule has 164 valence electrons. The Morgan fingerprint density at radius 3 is 2.45 bits per heavy atom. The van der Waals surface area contributed by atoms with E-state index in [1.807, 2.05) is 39.8 Å². The molecule has 0 aliphatic heterocycles. The molecule has 0 amide bonds. The lowest BCUT2D eigenvalue weighted by Gasteiger charge is -2.16. The van der Waals surface area contributed by atoms with E-state index >= 15 is 0 Å². The lowest BCUT2D eigenvalue weighted by molar-refractivity contribution is 0.218. The van der Waals surface area contributed by atoms with Gasteiger partial charge in [-0.3, -0.25) is 4.79 Å². The van der Waals surface area contributed by atoms with Crippen LogP contribution in [-0.2, 0) is 0 Å². The van der Waals surface area contributed by atoms with Crippen molar-refractivity contribution in [3.63, 3.8) is 0 Å². The minimum atomic E-state index is -0.230. The summed E-state index contributed by atoms with van der Waals surface area (Å²) in [4.78, 5) is 17.9. The van der Waals surface area contributed by atoms with E-state index in [4.69, 9.17) is 32.9 Å². The summed E-state index contributed by atoms with van der Waals surface area (Å²) in [6.45, 7) is 8.05.